The Morgan fingerprint density at radius 2 is 2.06 bits per heavy atom. The fraction of sp³-hybridized carbons (Fsp3) is 0.417. The number of esters is 1. The van der Waals surface area contributed by atoms with Crippen molar-refractivity contribution in [3.8, 4) is 5.75 Å². The molecule has 0 bridgehead atoms. The van der Waals surface area contributed by atoms with Crippen LogP contribution in [-0.2, 0) is 31.2 Å². The number of amides is 1. The minimum absolute atomic E-state index is 0.168. The van der Waals surface area contributed by atoms with E-state index in [-0.39, 0.29) is 29.3 Å². The lowest BCUT2D eigenvalue weighted by molar-refractivity contribution is 0.0593. The SMILES string of the molecule is COC(=O)c1c(OCCCc2cnn(C)c2)cc(=O)n2c1CCN(C(=O)c1ccoc1C)CC2. The van der Waals surface area contributed by atoms with E-state index in [2.05, 4.69) is 5.10 Å². The molecule has 0 aliphatic carbocycles. The molecule has 0 aromatic carbocycles. The summed E-state index contributed by atoms with van der Waals surface area (Å²) in [6.45, 7) is 3.01. The number of fused-ring (bicyclic) bond motifs is 1. The summed E-state index contributed by atoms with van der Waals surface area (Å²) in [5.41, 5.74) is 2.04. The van der Waals surface area contributed by atoms with Crippen LogP contribution in [-0.4, -0.2) is 57.9 Å². The summed E-state index contributed by atoms with van der Waals surface area (Å²) in [5, 5.41) is 4.15. The second-order valence-corrected chi connectivity index (χ2v) is 8.22. The Labute approximate surface area is 196 Å². The van der Waals surface area contributed by atoms with Gasteiger partial charge < -0.3 is 23.4 Å². The molecule has 34 heavy (non-hydrogen) atoms. The van der Waals surface area contributed by atoms with E-state index in [1.54, 1.807) is 28.8 Å². The molecule has 3 aromatic heterocycles. The maximum Gasteiger partial charge on any atom is 0.343 e. The third kappa shape index (κ3) is 4.75. The average Bonchev–Trinajstić information content (AvgIpc) is 3.37. The number of aryl methyl sites for hydroxylation is 3. The van der Waals surface area contributed by atoms with Crippen LogP contribution in [0.25, 0.3) is 0 Å². The van der Waals surface area contributed by atoms with Gasteiger partial charge in [-0.25, -0.2) is 4.79 Å². The molecule has 0 atom stereocenters. The minimum atomic E-state index is -0.573. The van der Waals surface area contributed by atoms with E-state index in [0.29, 0.717) is 49.6 Å². The van der Waals surface area contributed by atoms with Crippen molar-refractivity contribution in [3.05, 3.63) is 69.3 Å². The lowest BCUT2D eigenvalue weighted by atomic mass is 10.1. The Bertz CT molecular complexity index is 1250. The molecule has 0 saturated heterocycles. The highest BCUT2D eigenvalue weighted by molar-refractivity contribution is 5.95. The second-order valence-electron chi connectivity index (χ2n) is 8.22. The Hall–Kier alpha value is -3.82. The third-order valence-corrected chi connectivity index (χ3v) is 5.99. The first kappa shape index (κ1) is 23.3. The first-order chi connectivity index (χ1) is 16.4. The number of furan rings is 1. The van der Waals surface area contributed by atoms with Gasteiger partial charge in [0.15, 0.2) is 0 Å². The van der Waals surface area contributed by atoms with Crippen molar-refractivity contribution < 1.29 is 23.5 Å². The van der Waals surface area contributed by atoms with Crippen LogP contribution in [0.15, 0.2) is 40.0 Å². The molecule has 1 amide bonds. The number of carbonyl (C=O) groups is 2. The molecule has 0 fully saturated rings. The fourth-order valence-corrected chi connectivity index (χ4v) is 4.22. The average molecular weight is 469 g/mol. The number of ether oxygens (including phenoxy) is 2. The summed E-state index contributed by atoms with van der Waals surface area (Å²) in [4.78, 5) is 40.3. The van der Waals surface area contributed by atoms with Crippen LogP contribution in [0.1, 0.15) is 44.2 Å². The third-order valence-electron chi connectivity index (χ3n) is 5.99. The number of hydrogen-bond acceptors (Lipinski definition) is 7. The lowest BCUT2D eigenvalue weighted by Gasteiger charge is -2.19. The quantitative estimate of drug-likeness (QED) is 0.385. The molecule has 0 radical (unpaired) electrons. The summed E-state index contributed by atoms with van der Waals surface area (Å²) < 4.78 is 19.4. The maximum absolute atomic E-state index is 13.0. The number of aromatic nitrogens is 3. The van der Waals surface area contributed by atoms with Crippen LogP contribution in [0.2, 0.25) is 0 Å². The van der Waals surface area contributed by atoms with E-state index in [1.807, 2.05) is 13.2 Å². The van der Waals surface area contributed by atoms with Gasteiger partial charge in [-0.3, -0.25) is 14.3 Å². The van der Waals surface area contributed by atoms with Gasteiger partial charge in [-0.2, -0.15) is 5.10 Å². The molecule has 3 aromatic rings. The van der Waals surface area contributed by atoms with Crippen molar-refractivity contribution in [3.63, 3.8) is 0 Å². The van der Waals surface area contributed by atoms with E-state index < -0.39 is 5.97 Å². The molecular formula is C24H28N4O6. The number of carbonyl (C=O) groups excluding carboxylic acids is 2. The van der Waals surface area contributed by atoms with Gasteiger partial charge in [0.2, 0.25) is 0 Å². The van der Waals surface area contributed by atoms with E-state index in [9.17, 15) is 14.4 Å². The highest BCUT2D eigenvalue weighted by Crippen LogP contribution is 2.25. The molecule has 180 valence electrons. The van der Waals surface area contributed by atoms with E-state index in [1.165, 1.54) is 24.0 Å². The normalized spacial score (nSPS) is 13.3. The molecule has 1 aliphatic rings. The zero-order valence-electron chi connectivity index (χ0n) is 19.6. The highest BCUT2D eigenvalue weighted by Gasteiger charge is 2.28. The topological polar surface area (TPSA) is 109 Å². The van der Waals surface area contributed by atoms with Crippen LogP contribution < -0.4 is 10.3 Å². The van der Waals surface area contributed by atoms with Gasteiger partial charge >= 0.3 is 5.97 Å². The number of hydrogen-bond donors (Lipinski definition) is 0. The lowest BCUT2D eigenvalue weighted by Crippen LogP contribution is -2.34. The smallest absolute Gasteiger partial charge is 0.343 e. The molecule has 4 rings (SSSR count). The van der Waals surface area contributed by atoms with Gasteiger partial charge in [0.05, 0.1) is 31.7 Å². The zero-order chi connectivity index (χ0) is 24.2. The molecule has 0 saturated carbocycles. The second kappa shape index (κ2) is 9.98. The van der Waals surface area contributed by atoms with Crippen molar-refractivity contribution in [1.29, 1.82) is 0 Å². The van der Waals surface area contributed by atoms with Gasteiger partial charge in [-0.15, -0.1) is 0 Å². The molecule has 0 N–H and O–H groups in total. The first-order valence-electron chi connectivity index (χ1n) is 11.2. The monoisotopic (exact) mass is 468 g/mol. The van der Waals surface area contributed by atoms with Crippen LogP contribution >= 0.6 is 0 Å². The summed E-state index contributed by atoms with van der Waals surface area (Å²) in [6.07, 6.45) is 6.98. The van der Waals surface area contributed by atoms with Crippen LogP contribution in [0.3, 0.4) is 0 Å². The van der Waals surface area contributed by atoms with Gasteiger partial charge in [-0.1, -0.05) is 0 Å². The molecule has 1 aliphatic heterocycles. The molecule has 4 heterocycles. The van der Waals surface area contributed by atoms with Crippen LogP contribution in [0.5, 0.6) is 5.75 Å². The molecule has 10 heteroatoms. The zero-order valence-corrected chi connectivity index (χ0v) is 19.6. The Balaban J connectivity index is 1.54. The number of pyridine rings is 1. The first-order valence-corrected chi connectivity index (χ1v) is 11.2. The van der Waals surface area contributed by atoms with Crippen molar-refractivity contribution in [1.82, 2.24) is 19.2 Å². The predicted molar refractivity (Wildman–Crippen MR) is 122 cm³/mol. The Morgan fingerprint density at radius 3 is 2.74 bits per heavy atom. The number of methoxy groups -OCH3 is 1. The summed E-state index contributed by atoms with van der Waals surface area (Å²) in [7, 11) is 3.15. The Morgan fingerprint density at radius 1 is 1.24 bits per heavy atom. The van der Waals surface area contributed by atoms with Gasteiger partial charge in [0.1, 0.15) is 17.1 Å². The van der Waals surface area contributed by atoms with E-state index in [4.69, 9.17) is 13.9 Å². The molecule has 10 nitrogen and oxygen atoms in total. The van der Waals surface area contributed by atoms with Crippen LogP contribution in [0.4, 0.5) is 0 Å². The Kier molecular flexibility index (Phi) is 6.85. The highest BCUT2D eigenvalue weighted by atomic mass is 16.5. The maximum atomic E-state index is 13.0. The number of rotatable bonds is 7. The summed E-state index contributed by atoms with van der Waals surface area (Å²) in [5.74, 6) is 0.0101. The van der Waals surface area contributed by atoms with Crippen LogP contribution in [0, 0.1) is 6.92 Å². The van der Waals surface area contributed by atoms with Crippen molar-refractivity contribution >= 4 is 11.9 Å². The minimum Gasteiger partial charge on any atom is -0.492 e. The number of nitrogens with zero attached hydrogens (tertiary/aromatic N) is 4. The summed E-state index contributed by atoms with van der Waals surface area (Å²) >= 11 is 0. The van der Waals surface area contributed by atoms with Gasteiger partial charge in [-0.05, 0) is 31.4 Å². The van der Waals surface area contributed by atoms with E-state index >= 15 is 0 Å². The van der Waals surface area contributed by atoms with Crippen molar-refractivity contribution in [2.45, 2.75) is 32.7 Å². The van der Waals surface area contributed by atoms with Crippen molar-refractivity contribution in [2.24, 2.45) is 7.05 Å². The molecule has 0 unspecified atom stereocenters. The van der Waals surface area contributed by atoms with Gasteiger partial charge in [0.25, 0.3) is 11.5 Å². The largest absolute Gasteiger partial charge is 0.492 e. The van der Waals surface area contributed by atoms with E-state index in [0.717, 1.165) is 12.0 Å². The standard InChI is InChI=1S/C24H28N4O6/c1-16-18(7-12-33-16)23(30)27-8-6-19-22(24(31)32-3)20(13-21(29)28(19)10-9-27)34-11-4-5-17-14-25-26(2)15-17/h7,12-15H,4-6,8-11H2,1-3H3. The summed E-state index contributed by atoms with van der Waals surface area (Å²) in [6, 6.07) is 2.97. The molecular weight excluding hydrogens is 440 g/mol. The fourth-order valence-electron chi connectivity index (χ4n) is 4.22. The van der Waals surface area contributed by atoms with Gasteiger partial charge in [0, 0.05) is 51.1 Å². The molecule has 0 spiro atoms. The van der Waals surface area contributed by atoms with Crippen molar-refractivity contribution in [2.75, 3.05) is 26.8 Å². The predicted octanol–water partition coefficient (Wildman–Crippen LogP) is 1.98.